The Morgan fingerprint density at radius 3 is 2.37 bits per heavy atom. The highest BCUT2D eigenvalue weighted by atomic mass is 32.2. The highest BCUT2D eigenvalue weighted by molar-refractivity contribution is 7.90. The van der Waals surface area contributed by atoms with E-state index in [-0.39, 0.29) is 22.1 Å². The van der Waals surface area contributed by atoms with Crippen molar-refractivity contribution in [2.75, 3.05) is 13.4 Å². The largest absolute Gasteiger partial charge is 0.496 e. The van der Waals surface area contributed by atoms with E-state index in [0.717, 1.165) is 17.1 Å². The van der Waals surface area contributed by atoms with E-state index in [2.05, 4.69) is 15.1 Å². The highest BCUT2D eigenvalue weighted by Crippen LogP contribution is 2.33. The third-order valence-corrected chi connectivity index (χ3v) is 4.67. The highest BCUT2D eigenvalue weighted by Gasteiger charge is 2.38. The molecule has 1 aromatic carbocycles. The first kappa shape index (κ1) is 18.8. The second-order valence-electron chi connectivity index (χ2n) is 5.49. The molecule has 0 N–H and O–H groups in total. The number of methoxy groups -OCH3 is 1. The number of hydrogen-bond acceptors (Lipinski definition) is 6. The molecule has 2 heterocycles. The number of halogens is 3. The van der Waals surface area contributed by atoms with Crippen LogP contribution < -0.4 is 4.74 Å². The topological polar surface area (TPSA) is 87.0 Å². The minimum absolute atomic E-state index is 0.0219. The van der Waals surface area contributed by atoms with E-state index in [1.807, 2.05) is 0 Å². The first-order valence-corrected chi connectivity index (χ1v) is 9.34. The monoisotopic (exact) mass is 398 g/mol. The van der Waals surface area contributed by atoms with Gasteiger partial charge in [0.25, 0.3) is 5.82 Å². The second kappa shape index (κ2) is 6.65. The maximum Gasteiger partial charge on any atom is 0.453 e. The molecule has 27 heavy (non-hydrogen) atoms. The number of sulfone groups is 1. The number of aromatic nitrogens is 4. The minimum atomic E-state index is -4.77. The zero-order valence-corrected chi connectivity index (χ0v) is 14.9. The molecule has 11 heteroatoms. The molecule has 3 rings (SSSR count). The van der Waals surface area contributed by atoms with E-state index in [1.54, 1.807) is 18.2 Å². The Hall–Kier alpha value is -2.95. The summed E-state index contributed by atoms with van der Waals surface area (Å²) in [5, 5.41) is 3.51. The maximum absolute atomic E-state index is 13.1. The normalized spacial score (nSPS) is 12.2. The zero-order chi connectivity index (χ0) is 19.8. The van der Waals surface area contributed by atoms with Gasteiger partial charge in [0, 0.05) is 12.5 Å². The number of nitrogens with zero attached hydrogens (tertiary/aromatic N) is 4. The van der Waals surface area contributed by atoms with Crippen molar-refractivity contribution in [2.24, 2.45) is 0 Å². The first-order chi connectivity index (χ1) is 12.6. The molecule has 0 spiro atoms. The van der Waals surface area contributed by atoms with Crippen molar-refractivity contribution in [3.8, 4) is 23.0 Å². The first-order valence-electron chi connectivity index (χ1n) is 7.45. The van der Waals surface area contributed by atoms with E-state index < -0.39 is 21.8 Å². The van der Waals surface area contributed by atoms with Crippen LogP contribution in [0.15, 0.2) is 47.5 Å². The van der Waals surface area contributed by atoms with Gasteiger partial charge >= 0.3 is 6.18 Å². The minimum Gasteiger partial charge on any atom is -0.496 e. The molecule has 0 fully saturated rings. The average Bonchev–Trinajstić information content (AvgIpc) is 3.06. The van der Waals surface area contributed by atoms with Crippen LogP contribution in [0.2, 0.25) is 0 Å². The molecule has 7 nitrogen and oxygen atoms in total. The number of alkyl halides is 3. The molecule has 0 aliphatic rings. The fourth-order valence-electron chi connectivity index (χ4n) is 2.31. The van der Waals surface area contributed by atoms with Gasteiger partial charge in [-0.3, -0.25) is 0 Å². The van der Waals surface area contributed by atoms with Crippen molar-refractivity contribution in [1.29, 1.82) is 0 Å². The molecule has 0 aliphatic heterocycles. The third-order valence-electron chi connectivity index (χ3n) is 3.57. The van der Waals surface area contributed by atoms with Crippen LogP contribution in [0.5, 0.6) is 5.75 Å². The van der Waals surface area contributed by atoms with Crippen LogP contribution in [0.1, 0.15) is 5.82 Å². The molecule has 0 unspecified atom stereocenters. The van der Waals surface area contributed by atoms with Crippen LogP contribution in [0, 0.1) is 0 Å². The summed E-state index contributed by atoms with van der Waals surface area (Å²) in [7, 11) is -2.12. The Morgan fingerprint density at radius 1 is 1.11 bits per heavy atom. The Labute approximate surface area is 152 Å². The molecule has 0 amide bonds. The number of benzene rings is 1. The fourth-order valence-corrected chi connectivity index (χ4v) is 2.87. The van der Waals surface area contributed by atoms with Gasteiger partial charge in [-0.15, -0.1) is 5.10 Å². The van der Waals surface area contributed by atoms with Gasteiger partial charge in [0.15, 0.2) is 21.5 Å². The van der Waals surface area contributed by atoms with Gasteiger partial charge in [-0.05, 0) is 24.3 Å². The molecule has 0 atom stereocenters. The number of ether oxygens (including phenoxy) is 1. The standard InChI is InChI=1S/C16H13F3N4O3S/c1-26-12-6-4-3-5-11(12)14-21-15(16(17,18)19)22-23(14)13-8-7-10(9-20-13)27(2,24)25/h3-9H,1-2H3. The van der Waals surface area contributed by atoms with Crippen molar-refractivity contribution in [2.45, 2.75) is 11.1 Å². The van der Waals surface area contributed by atoms with E-state index in [9.17, 15) is 21.6 Å². The third kappa shape index (κ3) is 3.77. The molecule has 3 aromatic rings. The Bertz CT molecular complexity index is 1080. The van der Waals surface area contributed by atoms with Gasteiger partial charge in [0.1, 0.15) is 5.75 Å². The molecular formula is C16H13F3N4O3S. The van der Waals surface area contributed by atoms with Crippen LogP contribution in [-0.4, -0.2) is 41.5 Å². The summed E-state index contributed by atoms with van der Waals surface area (Å²) in [5.41, 5.74) is 0.275. The summed E-state index contributed by atoms with van der Waals surface area (Å²) in [4.78, 5) is 7.45. The van der Waals surface area contributed by atoms with Gasteiger partial charge < -0.3 is 4.74 Å². The number of para-hydroxylation sites is 1. The SMILES string of the molecule is COc1ccccc1-c1nc(C(F)(F)F)nn1-c1ccc(S(C)(=O)=O)cn1. The summed E-state index contributed by atoms with van der Waals surface area (Å²) >= 11 is 0. The summed E-state index contributed by atoms with van der Waals surface area (Å²) in [6.07, 6.45) is -2.72. The van der Waals surface area contributed by atoms with E-state index in [0.29, 0.717) is 5.75 Å². The second-order valence-corrected chi connectivity index (χ2v) is 7.51. The summed E-state index contributed by atoms with van der Waals surface area (Å²) in [6.45, 7) is 0. The Morgan fingerprint density at radius 2 is 1.81 bits per heavy atom. The van der Waals surface area contributed by atoms with Gasteiger partial charge in [0.2, 0.25) is 0 Å². The van der Waals surface area contributed by atoms with Gasteiger partial charge in [-0.1, -0.05) is 12.1 Å². The lowest BCUT2D eigenvalue weighted by Crippen LogP contribution is -2.09. The smallest absolute Gasteiger partial charge is 0.453 e. The van der Waals surface area contributed by atoms with E-state index in [1.165, 1.54) is 25.3 Å². The molecule has 0 saturated heterocycles. The lowest BCUT2D eigenvalue weighted by molar-refractivity contribution is -0.144. The van der Waals surface area contributed by atoms with Crippen molar-refractivity contribution >= 4 is 9.84 Å². The molecule has 0 aliphatic carbocycles. The zero-order valence-electron chi connectivity index (χ0n) is 14.1. The van der Waals surface area contributed by atoms with Gasteiger partial charge in [0.05, 0.1) is 17.6 Å². The quantitative estimate of drug-likeness (QED) is 0.672. The average molecular weight is 398 g/mol. The van der Waals surface area contributed by atoms with Crippen LogP contribution in [-0.2, 0) is 16.0 Å². The molecule has 0 radical (unpaired) electrons. The van der Waals surface area contributed by atoms with Crippen molar-refractivity contribution in [1.82, 2.24) is 19.7 Å². The van der Waals surface area contributed by atoms with E-state index >= 15 is 0 Å². The summed E-state index contributed by atoms with van der Waals surface area (Å²) in [6, 6.07) is 8.87. The predicted molar refractivity (Wildman–Crippen MR) is 89.3 cm³/mol. The lowest BCUT2D eigenvalue weighted by Gasteiger charge is -2.09. The summed E-state index contributed by atoms with van der Waals surface area (Å²) < 4.78 is 68.6. The molecular weight excluding hydrogens is 385 g/mol. The molecule has 2 aromatic heterocycles. The van der Waals surface area contributed by atoms with Crippen LogP contribution >= 0.6 is 0 Å². The predicted octanol–water partition coefficient (Wildman–Crippen LogP) is 2.76. The van der Waals surface area contributed by atoms with Crippen molar-refractivity contribution in [3.63, 3.8) is 0 Å². The van der Waals surface area contributed by atoms with Crippen molar-refractivity contribution in [3.05, 3.63) is 48.4 Å². The van der Waals surface area contributed by atoms with E-state index in [4.69, 9.17) is 4.74 Å². The number of rotatable bonds is 4. The lowest BCUT2D eigenvalue weighted by atomic mass is 10.2. The van der Waals surface area contributed by atoms with Crippen LogP contribution in [0.3, 0.4) is 0 Å². The number of hydrogen-bond donors (Lipinski definition) is 0. The van der Waals surface area contributed by atoms with Crippen LogP contribution in [0.25, 0.3) is 17.2 Å². The molecule has 0 saturated carbocycles. The molecule has 142 valence electrons. The fraction of sp³-hybridized carbons (Fsp3) is 0.188. The van der Waals surface area contributed by atoms with Gasteiger partial charge in [-0.25, -0.2) is 18.4 Å². The molecule has 0 bridgehead atoms. The summed E-state index contributed by atoms with van der Waals surface area (Å²) in [5.74, 6) is -1.21. The van der Waals surface area contributed by atoms with Crippen LogP contribution in [0.4, 0.5) is 13.2 Å². The Kier molecular flexibility index (Phi) is 4.64. The van der Waals surface area contributed by atoms with Crippen molar-refractivity contribution < 1.29 is 26.3 Å². The number of pyridine rings is 1. The Balaban J connectivity index is 2.21. The maximum atomic E-state index is 13.1. The van der Waals surface area contributed by atoms with Gasteiger partial charge in [-0.2, -0.15) is 17.9 Å².